The summed E-state index contributed by atoms with van der Waals surface area (Å²) in [6.07, 6.45) is 6.28. The van der Waals surface area contributed by atoms with Crippen LogP contribution in [0, 0.1) is 29.4 Å². The van der Waals surface area contributed by atoms with Crippen molar-refractivity contribution in [3.63, 3.8) is 0 Å². The molecule has 0 saturated carbocycles. The second-order valence-electron chi connectivity index (χ2n) is 10.9. The number of nitrogens with zero attached hydrogens (tertiary/aromatic N) is 2. The normalized spacial score (nSPS) is 21.0. The molecule has 8 heteroatoms. The molecule has 2 atom stereocenters. The largest absolute Gasteiger partial charge is 0.301 e. The fraction of sp³-hybridized carbons (Fsp3) is 0.400. The average Bonchev–Trinajstić information content (AvgIpc) is 3.47. The molecule has 0 spiro atoms. The molecule has 1 heterocycles. The summed E-state index contributed by atoms with van der Waals surface area (Å²) in [5, 5.41) is 1.97. The van der Waals surface area contributed by atoms with Crippen molar-refractivity contribution in [3.8, 4) is 0 Å². The summed E-state index contributed by atoms with van der Waals surface area (Å²) in [5.41, 5.74) is 9.43. The number of allylic oxidation sites excluding steroid dienone is 3. The summed E-state index contributed by atoms with van der Waals surface area (Å²) in [7, 11) is -3.51. The summed E-state index contributed by atoms with van der Waals surface area (Å²) < 4.78 is 56.2. The minimum atomic E-state index is -3.51. The van der Waals surface area contributed by atoms with Crippen LogP contribution in [0.25, 0.3) is 0 Å². The second kappa shape index (κ2) is 10.7. The maximum Gasteiger partial charge on any atom is 0.214 e. The van der Waals surface area contributed by atoms with Gasteiger partial charge in [0.2, 0.25) is 10.0 Å². The first kappa shape index (κ1) is 26.6. The molecule has 2 aromatic carbocycles. The topological polar surface area (TPSA) is 52.7 Å². The molecule has 38 heavy (non-hydrogen) atoms. The number of hydrogen-bond donors (Lipinski definition) is 1. The van der Waals surface area contributed by atoms with Crippen LogP contribution in [0.3, 0.4) is 0 Å². The Labute approximate surface area is 224 Å². The number of nitrogens with one attached hydrogen (secondary N) is 1. The van der Waals surface area contributed by atoms with Gasteiger partial charge in [0, 0.05) is 30.8 Å². The highest BCUT2D eigenvalue weighted by molar-refractivity contribution is 7.89. The molecule has 1 N–H and O–H groups in total. The lowest BCUT2D eigenvalue weighted by atomic mass is 9.80. The lowest BCUT2D eigenvalue weighted by Crippen LogP contribution is -2.40. The summed E-state index contributed by atoms with van der Waals surface area (Å²) in [6, 6.07) is 13.0. The van der Waals surface area contributed by atoms with E-state index in [-0.39, 0.29) is 41.7 Å². The van der Waals surface area contributed by atoms with E-state index in [1.165, 1.54) is 29.3 Å². The monoisotopic (exact) mass is 539 g/mol. The van der Waals surface area contributed by atoms with Crippen LogP contribution >= 0.6 is 0 Å². The maximum atomic E-state index is 14.3. The van der Waals surface area contributed by atoms with Crippen LogP contribution in [0.4, 0.5) is 14.5 Å². The Balaban J connectivity index is 1.40. The van der Waals surface area contributed by atoms with Crippen LogP contribution in [0.5, 0.6) is 0 Å². The van der Waals surface area contributed by atoms with Crippen molar-refractivity contribution in [2.45, 2.75) is 40.0 Å². The van der Waals surface area contributed by atoms with Crippen molar-refractivity contribution in [1.82, 2.24) is 9.73 Å². The maximum absolute atomic E-state index is 14.3. The van der Waals surface area contributed by atoms with Gasteiger partial charge in [0.25, 0.3) is 0 Å². The van der Waals surface area contributed by atoms with Gasteiger partial charge in [0.05, 0.1) is 17.1 Å². The summed E-state index contributed by atoms with van der Waals surface area (Å²) in [4.78, 5) is 0. The fourth-order valence-electron chi connectivity index (χ4n) is 5.97. The number of hydrazine groups is 1. The molecule has 0 bridgehead atoms. The molecule has 202 valence electrons. The van der Waals surface area contributed by atoms with Crippen molar-refractivity contribution in [2.24, 2.45) is 17.8 Å². The van der Waals surface area contributed by atoms with E-state index in [0.29, 0.717) is 18.5 Å². The van der Waals surface area contributed by atoms with Gasteiger partial charge < -0.3 is 5.43 Å². The highest BCUT2D eigenvalue weighted by Gasteiger charge is 2.39. The molecule has 1 aliphatic heterocycles. The Hall–Kier alpha value is -2.97. The quantitative estimate of drug-likeness (QED) is 0.428. The van der Waals surface area contributed by atoms with Crippen LogP contribution in [0.2, 0.25) is 0 Å². The zero-order chi connectivity index (χ0) is 27.0. The Morgan fingerprint density at radius 3 is 2.55 bits per heavy atom. The van der Waals surface area contributed by atoms with E-state index in [1.54, 1.807) is 34.6 Å². The predicted molar refractivity (Wildman–Crippen MR) is 147 cm³/mol. The van der Waals surface area contributed by atoms with Crippen molar-refractivity contribution in [3.05, 3.63) is 100 Å². The van der Waals surface area contributed by atoms with Crippen molar-refractivity contribution < 1.29 is 17.2 Å². The average molecular weight is 540 g/mol. The number of benzene rings is 2. The van der Waals surface area contributed by atoms with Crippen LogP contribution in [-0.4, -0.2) is 31.6 Å². The summed E-state index contributed by atoms with van der Waals surface area (Å²) in [6.45, 7) is 6.65. The van der Waals surface area contributed by atoms with Gasteiger partial charge in [-0.05, 0) is 78.6 Å². The molecule has 2 aliphatic carbocycles. The van der Waals surface area contributed by atoms with Gasteiger partial charge in [-0.1, -0.05) is 44.5 Å². The smallest absolute Gasteiger partial charge is 0.214 e. The van der Waals surface area contributed by atoms with Crippen molar-refractivity contribution in [1.29, 1.82) is 0 Å². The molecule has 2 aromatic rings. The van der Waals surface area contributed by atoms with E-state index in [4.69, 9.17) is 0 Å². The lowest BCUT2D eigenvalue weighted by Gasteiger charge is -2.32. The molecule has 0 fully saturated rings. The number of anilines is 1. The third-order valence-corrected chi connectivity index (χ3v) is 9.94. The van der Waals surface area contributed by atoms with E-state index in [2.05, 4.69) is 18.4 Å². The molecule has 5 rings (SSSR count). The molecule has 3 aliphatic rings. The van der Waals surface area contributed by atoms with E-state index >= 15 is 0 Å². The van der Waals surface area contributed by atoms with Gasteiger partial charge in [0.15, 0.2) is 0 Å². The van der Waals surface area contributed by atoms with Crippen LogP contribution in [-0.2, 0) is 16.4 Å². The zero-order valence-electron chi connectivity index (χ0n) is 22.1. The minimum Gasteiger partial charge on any atom is -0.301 e. The highest BCUT2D eigenvalue weighted by Crippen LogP contribution is 2.48. The minimum absolute atomic E-state index is 0.000532. The number of fused-ring (bicyclic) bond motifs is 1. The molecule has 5 nitrogen and oxygen atoms in total. The van der Waals surface area contributed by atoms with Crippen molar-refractivity contribution >= 4 is 15.7 Å². The number of sulfonamides is 1. The Morgan fingerprint density at radius 1 is 1.11 bits per heavy atom. The highest BCUT2D eigenvalue weighted by atomic mass is 32.2. The summed E-state index contributed by atoms with van der Waals surface area (Å²) in [5.74, 6) is -0.282. The lowest BCUT2D eigenvalue weighted by molar-refractivity contribution is 0.354. The third-order valence-electron chi connectivity index (χ3n) is 7.74. The first-order valence-corrected chi connectivity index (χ1v) is 14.9. The van der Waals surface area contributed by atoms with Gasteiger partial charge in [0.1, 0.15) is 11.6 Å². The van der Waals surface area contributed by atoms with E-state index in [1.807, 2.05) is 25.1 Å². The molecule has 0 unspecified atom stereocenters. The SMILES string of the molecule is CC(C)CS(=O)(=O)N(CCc1ccccc1F)C[C@H]1CCC2=C1[C@@H](C)C1=CNN(c3ccc(F)cc3)C1=C2. The second-order valence-corrected chi connectivity index (χ2v) is 12.9. The summed E-state index contributed by atoms with van der Waals surface area (Å²) >= 11 is 0. The van der Waals surface area contributed by atoms with Crippen LogP contribution < -0.4 is 10.4 Å². The first-order chi connectivity index (χ1) is 18.1. The molecular weight excluding hydrogens is 504 g/mol. The standard InChI is InChI=1S/C30H35F2N3O2S/c1-20(2)19-38(36,37)34(15-14-22-6-4-5-7-28(22)32)18-24-9-8-23-16-29-27(21(3)30(23)24)17-33-35(29)26-12-10-25(31)11-13-26/h4-7,10-13,16-17,20-21,24,33H,8-9,14-15,18-19H2,1-3H3/t21-,24+/m0/s1. The van der Waals surface area contributed by atoms with E-state index < -0.39 is 10.0 Å². The van der Waals surface area contributed by atoms with Crippen molar-refractivity contribution in [2.75, 3.05) is 23.9 Å². The van der Waals surface area contributed by atoms with Crippen LogP contribution in [0.1, 0.15) is 39.2 Å². The van der Waals surface area contributed by atoms with Gasteiger partial charge in [-0.2, -0.15) is 0 Å². The molecule has 0 radical (unpaired) electrons. The third kappa shape index (κ3) is 5.29. The van der Waals surface area contributed by atoms with E-state index in [0.717, 1.165) is 29.8 Å². The van der Waals surface area contributed by atoms with E-state index in [9.17, 15) is 17.2 Å². The van der Waals surface area contributed by atoms with Crippen LogP contribution in [0.15, 0.2) is 83.2 Å². The Bertz CT molecular complexity index is 1400. The fourth-order valence-corrected chi connectivity index (χ4v) is 7.80. The van der Waals surface area contributed by atoms with Gasteiger partial charge in [-0.25, -0.2) is 21.5 Å². The number of hydrogen-bond acceptors (Lipinski definition) is 4. The Morgan fingerprint density at radius 2 is 1.84 bits per heavy atom. The van der Waals surface area contributed by atoms with Gasteiger partial charge >= 0.3 is 0 Å². The number of rotatable bonds is 9. The zero-order valence-corrected chi connectivity index (χ0v) is 22.9. The molecule has 0 saturated heterocycles. The predicted octanol–water partition coefficient (Wildman–Crippen LogP) is 5.94. The van der Waals surface area contributed by atoms with Gasteiger partial charge in [-0.3, -0.25) is 5.01 Å². The Kier molecular flexibility index (Phi) is 7.47. The molecular formula is C30H35F2N3O2S. The molecule has 0 amide bonds. The van der Waals surface area contributed by atoms with Gasteiger partial charge in [-0.15, -0.1) is 0 Å². The number of halogens is 2. The first-order valence-electron chi connectivity index (χ1n) is 13.3. The molecule has 0 aromatic heterocycles.